The third kappa shape index (κ3) is 13.0. The van der Waals surface area contributed by atoms with Gasteiger partial charge in [0.25, 0.3) is 12.1 Å². The highest BCUT2D eigenvalue weighted by Crippen LogP contribution is 2.37. The van der Waals surface area contributed by atoms with Crippen molar-refractivity contribution in [3.63, 3.8) is 0 Å². The van der Waals surface area contributed by atoms with Crippen LogP contribution in [0.4, 0.5) is 0 Å². The minimum Gasteiger partial charge on any atom is -0.475 e. The zero-order valence-corrected chi connectivity index (χ0v) is 28.9. The zero-order valence-electron chi connectivity index (χ0n) is 28.1. The van der Waals surface area contributed by atoms with Gasteiger partial charge in [0, 0.05) is 18.4 Å². The van der Waals surface area contributed by atoms with Gasteiger partial charge in [0.1, 0.15) is 12.2 Å². The zero-order chi connectivity index (χ0) is 31.3. The molecule has 0 aliphatic carbocycles. The molecule has 1 aliphatic heterocycles. The molecule has 0 bridgehead atoms. The molecule has 3 rings (SSSR count). The lowest BCUT2D eigenvalue weighted by atomic mass is 10.0. The average molecular weight is 627 g/mol. The van der Waals surface area contributed by atoms with E-state index in [4.69, 9.17) is 9.47 Å². The number of benzene rings is 1. The molecule has 0 fully saturated rings. The molecule has 1 aromatic carbocycles. The van der Waals surface area contributed by atoms with Gasteiger partial charge in [-0.2, -0.15) is 4.37 Å². The van der Waals surface area contributed by atoms with Gasteiger partial charge >= 0.3 is 5.97 Å². The topological polar surface area (TPSA) is 61.3 Å². The van der Waals surface area contributed by atoms with Gasteiger partial charge in [0.15, 0.2) is 0 Å². The molecule has 7 heteroatoms. The van der Waals surface area contributed by atoms with Gasteiger partial charge in [0.2, 0.25) is 0 Å². The van der Waals surface area contributed by atoms with Crippen molar-refractivity contribution in [3.05, 3.63) is 47.7 Å². The molecule has 2 aromatic rings. The first-order valence-corrected chi connectivity index (χ1v) is 18.5. The second-order valence-corrected chi connectivity index (χ2v) is 13.5. The van der Waals surface area contributed by atoms with Crippen LogP contribution in [-0.2, 0) is 9.53 Å². The number of unbranched alkanes of at least 4 members (excludes halogenated alkanes) is 15. The second kappa shape index (κ2) is 21.5. The summed E-state index contributed by atoms with van der Waals surface area (Å²) in [5, 5.41) is 0. The van der Waals surface area contributed by atoms with Crippen LogP contribution in [0.25, 0.3) is 5.57 Å². The van der Waals surface area contributed by atoms with E-state index in [2.05, 4.69) is 47.9 Å². The fraction of sp³-hybridized carbons (Fsp3) is 0.703. The Kier molecular flexibility index (Phi) is 17.7. The van der Waals surface area contributed by atoms with Crippen LogP contribution in [0.15, 0.2) is 36.4 Å². The maximum Gasteiger partial charge on any atom is 0.310 e. The Morgan fingerprint density at radius 1 is 0.818 bits per heavy atom. The number of aromatic nitrogens is 2. The maximum atomic E-state index is 13.2. The highest BCUT2D eigenvalue weighted by Gasteiger charge is 2.40. The van der Waals surface area contributed by atoms with Crippen molar-refractivity contribution in [2.75, 3.05) is 26.7 Å². The SMILES string of the molecule is CCCCCCCCCCCCCCCC(=O)OC(c1ccccc1)[N+]1(C)CCC=C(c2nsnc2OCCCCCC)C1. The third-order valence-electron chi connectivity index (χ3n) is 8.94. The summed E-state index contributed by atoms with van der Waals surface area (Å²) >= 11 is 1.21. The van der Waals surface area contributed by atoms with Crippen molar-refractivity contribution in [1.29, 1.82) is 0 Å². The number of carbonyl (C=O) groups is 1. The summed E-state index contributed by atoms with van der Waals surface area (Å²) in [5.41, 5.74) is 3.02. The standard InChI is InChI=1S/C37H60N3O3S/c1-4-6-8-10-11-12-13-14-15-16-17-18-22-28-34(41)43-37(32-25-20-19-21-26-32)40(3)29-24-27-33(31-40)35-36(39-44-38-35)42-30-23-9-7-5-2/h19-21,25-27,37H,4-18,22-24,28-31H2,1-3H3/q+1. The molecule has 0 amide bonds. The van der Waals surface area contributed by atoms with Crippen molar-refractivity contribution in [3.8, 4) is 5.88 Å². The van der Waals surface area contributed by atoms with Gasteiger partial charge < -0.3 is 9.47 Å². The van der Waals surface area contributed by atoms with Gasteiger partial charge in [-0.15, -0.1) is 4.37 Å². The Morgan fingerprint density at radius 2 is 1.41 bits per heavy atom. The molecule has 2 atom stereocenters. The monoisotopic (exact) mass is 626 g/mol. The van der Waals surface area contributed by atoms with Gasteiger partial charge in [-0.05, 0) is 25.0 Å². The molecule has 0 N–H and O–H groups in total. The maximum absolute atomic E-state index is 13.2. The van der Waals surface area contributed by atoms with E-state index in [1.54, 1.807) is 0 Å². The molecule has 246 valence electrons. The van der Waals surface area contributed by atoms with Crippen molar-refractivity contribution >= 4 is 23.3 Å². The van der Waals surface area contributed by atoms with Crippen LogP contribution in [-0.4, -0.2) is 45.9 Å². The Hall–Kier alpha value is -2.25. The molecule has 44 heavy (non-hydrogen) atoms. The van der Waals surface area contributed by atoms with Gasteiger partial charge in [0.05, 0.1) is 37.5 Å². The lowest BCUT2D eigenvalue weighted by Crippen LogP contribution is -2.51. The highest BCUT2D eigenvalue weighted by atomic mass is 32.1. The van der Waals surface area contributed by atoms with Gasteiger partial charge in [-0.3, -0.25) is 9.28 Å². The van der Waals surface area contributed by atoms with Crippen molar-refractivity contribution in [2.45, 2.75) is 142 Å². The summed E-state index contributed by atoms with van der Waals surface area (Å²) in [6, 6.07) is 10.2. The Labute approximate surface area is 272 Å². The van der Waals surface area contributed by atoms with E-state index in [-0.39, 0.29) is 12.2 Å². The number of nitrogens with zero attached hydrogens (tertiary/aromatic N) is 3. The largest absolute Gasteiger partial charge is 0.475 e. The minimum absolute atomic E-state index is 0.0937. The smallest absolute Gasteiger partial charge is 0.310 e. The minimum atomic E-state index is -0.362. The molecule has 2 unspecified atom stereocenters. The van der Waals surface area contributed by atoms with Crippen molar-refractivity contribution in [1.82, 2.24) is 8.75 Å². The average Bonchev–Trinajstić information content (AvgIpc) is 3.51. The Morgan fingerprint density at radius 3 is 2.05 bits per heavy atom. The number of ether oxygens (including phenoxy) is 2. The van der Waals surface area contributed by atoms with E-state index in [0.29, 0.717) is 29.9 Å². The van der Waals surface area contributed by atoms with Crippen LogP contribution in [0.2, 0.25) is 0 Å². The first-order chi connectivity index (χ1) is 21.6. The predicted molar refractivity (Wildman–Crippen MR) is 184 cm³/mol. The van der Waals surface area contributed by atoms with Gasteiger partial charge in [-0.1, -0.05) is 134 Å². The number of rotatable bonds is 24. The van der Waals surface area contributed by atoms with Crippen LogP contribution < -0.4 is 4.74 Å². The third-order valence-corrected chi connectivity index (χ3v) is 9.45. The predicted octanol–water partition coefficient (Wildman–Crippen LogP) is 10.5. The first-order valence-electron chi connectivity index (χ1n) is 17.8. The molecular formula is C37H60N3O3S+. The molecule has 1 aliphatic rings. The van der Waals surface area contributed by atoms with E-state index in [1.807, 2.05) is 18.2 Å². The molecule has 0 spiro atoms. The molecule has 0 saturated heterocycles. The van der Waals surface area contributed by atoms with Crippen LogP contribution in [0.1, 0.15) is 153 Å². The van der Waals surface area contributed by atoms with Crippen LogP contribution in [0, 0.1) is 0 Å². The number of hydrogen-bond acceptors (Lipinski definition) is 6. The van der Waals surface area contributed by atoms with Crippen molar-refractivity contribution < 1.29 is 18.8 Å². The number of carbonyl (C=O) groups excluding carboxylic acids is 1. The van der Waals surface area contributed by atoms with E-state index in [9.17, 15) is 4.79 Å². The molecule has 2 heterocycles. The number of hydrogen-bond donors (Lipinski definition) is 0. The Balaban J connectivity index is 1.46. The summed E-state index contributed by atoms with van der Waals surface area (Å²) in [5.74, 6) is 0.547. The van der Waals surface area contributed by atoms with E-state index in [1.165, 1.54) is 102 Å². The summed E-state index contributed by atoms with van der Waals surface area (Å²) in [7, 11) is 2.20. The number of quaternary nitrogens is 1. The Bertz CT molecular complexity index is 1070. The second-order valence-electron chi connectivity index (χ2n) is 13.0. The van der Waals surface area contributed by atoms with Crippen LogP contribution in [0.5, 0.6) is 5.88 Å². The summed E-state index contributed by atoms with van der Waals surface area (Å²) in [4.78, 5) is 13.2. The summed E-state index contributed by atoms with van der Waals surface area (Å²) in [6.07, 6.45) is 24.7. The molecule has 6 nitrogen and oxygen atoms in total. The molecule has 0 radical (unpaired) electrons. The summed E-state index contributed by atoms with van der Waals surface area (Å²) in [6.45, 7) is 6.76. The van der Waals surface area contributed by atoms with Crippen LogP contribution >= 0.6 is 11.7 Å². The lowest BCUT2D eigenvalue weighted by Gasteiger charge is -2.42. The highest BCUT2D eigenvalue weighted by molar-refractivity contribution is 6.99. The van der Waals surface area contributed by atoms with Crippen LogP contribution in [0.3, 0.4) is 0 Å². The normalized spacial score (nSPS) is 17.3. The van der Waals surface area contributed by atoms with Crippen molar-refractivity contribution in [2.24, 2.45) is 0 Å². The fourth-order valence-electron chi connectivity index (χ4n) is 6.25. The molecular weight excluding hydrogens is 566 g/mol. The molecule has 0 saturated carbocycles. The van der Waals surface area contributed by atoms with Gasteiger partial charge in [-0.25, -0.2) is 0 Å². The van der Waals surface area contributed by atoms with E-state index in [0.717, 1.165) is 49.1 Å². The number of esters is 1. The molecule has 1 aromatic heterocycles. The number of likely N-dealkylation sites (N-methyl/N-ethyl adjacent to an activating group) is 1. The first kappa shape index (κ1) is 36.2. The lowest BCUT2D eigenvalue weighted by molar-refractivity contribution is -0.953. The fourth-order valence-corrected chi connectivity index (χ4v) is 6.78. The quantitative estimate of drug-likeness (QED) is 0.0659. The van der Waals surface area contributed by atoms with E-state index >= 15 is 0 Å². The summed E-state index contributed by atoms with van der Waals surface area (Å²) < 4.78 is 22.1. The van der Waals surface area contributed by atoms with E-state index < -0.39 is 0 Å².